The van der Waals surface area contributed by atoms with Gasteiger partial charge < -0.3 is 0 Å². The van der Waals surface area contributed by atoms with Gasteiger partial charge in [-0.05, 0) is 13.1 Å². The second-order valence-corrected chi connectivity index (χ2v) is 3.11. The molecule has 0 radical (unpaired) electrons. The van der Waals surface area contributed by atoms with Crippen molar-refractivity contribution in [2.75, 3.05) is 39.8 Å². The SMILES string of the molecule is CCN1CNCNCN(CC)C1. The van der Waals surface area contributed by atoms with Gasteiger partial charge in [0.05, 0.1) is 20.0 Å². The van der Waals surface area contributed by atoms with Gasteiger partial charge in [-0.3, -0.25) is 20.4 Å². The summed E-state index contributed by atoms with van der Waals surface area (Å²) in [5.41, 5.74) is 0. The summed E-state index contributed by atoms with van der Waals surface area (Å²) in [7, 11) is 0. The summed E-state index contributed by atoms with van der Waals surface area (Å²) < 4.78 is 0. The Morgan fingerprint density at radius 3 is 1.92 bits per heavy atom. The minimum absolute atomic E-state index is 0.910. The van der Waals surface area contributed by atoms with Crippen LogP contribution in [0.1, 0.15) is 13.8 Å². The minimum Gasteiger partial charge on any atom is -0.292 e. The lowest BCUT2D eigenvalue weighted by Crippen LogP contribution is -2.51. The first kappa shape index (κ1) is 9.92. The Morgan fingerprint density at radius 1 is 1.00 bits per heavy atom. The van der Waals surface area contributed by atoms with Crippen molar-refractivity contribution in [3.05, 3.63) is 0 Å². The number of rotatable bonds is 2. The van der Waals surface area contributed by atoms with Crippen LogP contribution in [0.5, 0.6) is 0 Å². The van der Waals surface area contributed by atoms with Gasteiger partial charge >= 0.3 is 0 Å². The Bertz CT molecular complexity index is 106. The third-order valence-electron chi connectivity index (χ3n) is 2.22. The summed E-state index contributed by atoms with van der Waals surface area (Å²) in [6.45, 7) is 10.6. The van der Waals surface area contributed by atoms with E-state index in [1.54, 1.807) is 0 Å². The molecule has 1 rings (SSSR count). The summed E-state index contributed by atoms with van der Waals surface area (Å²) in [5.74, 6) is 0. The molecule has 1 fully saturated rings. The van der Waals surface area contributed by atoms with Gasteiger partial charge in [0.15, 0.2) is 0 Å². The molecule has 0 atom stereocenters. The van der Waals surface area contributed by atoms with Crippen LogP contribution in [0.4, 0.5) is 0 Å². The van der Waals surface area contributed by atoms with Crippen molar-refractivity contribution in [2.45, 2.75) is 13.8 Å². The number of nitrogens with zero attached hydrogens (tertiary/aromatic N) is 2. The van der Waals surface area contributed by atoms with Gasteiger partial charge in [-0.2, -0.15) is 0 Å². The number of hydrogen-bond acceptors (Lipinski definition) is 4. The standard InChI is InChI=1S/C8H20N4/c1-3-11-6-9-5-10-7-12(4-2)8-11/h9-10H,3-8H2,1-2H3. The molecule has 1 heterocycles. The first-order chi connectivity index (χ1) is 5.86. The van der Waals surface area contributed by atoms with Crippen LogP contribution >= 0.6 is 0 Å². The molecule has 4 nitrogen and oxygen atoms in total. The van der Waals surface area contributed by atoms with E-state index in [0.29, 0.717) is 0 Å². The Kier molecular flexibility index (Phi) is 4.53. The summed E-state index contributed by atoms with van der Waals surface area (Å²) in [5, 5.41) is 6.64. The maximum absolute atomic E-state index is 3.32. The van der Waals surface area contributed by atoms with Gasteiger partial charge in [-0.25, -0.2) is 0 Å². The molecule has 0 aromatic rings. The molecule has 0 saturated carbocycles. The highest BCUT2D eigenvalue weighted by Crippen LogP contribution is 1.93. The van der Waals surface area contributed by atoms with Crippen molar-refractivity contribution in [2.24, 2.45) is 0 Å². The maximum Gasteiger partial charge on any atom is 0.0529 e. The van der Waals surface area contributed by atoms with Gasteiger partial charge in [0, 0.05) is 6.67 Å². The van der Waals surface area contributed by atoms with E-state index in [4.69, 9.17) is 0 Å². The summed E-state index contributed by atoms with van der Waals surface area (Å²) in [4.78, 5) is 4.79. The van der Waals surface area contributed by atoms with E-state index < -0.39 is 0 Å². The average Bonchev–Trinajstić information content (AvgIpc) is 2.05. The Labute approximate surface area is 74.9 Å². The Morgan fingerprint density at radius 2 is 1.50 bits per heavy atom. The molecule has 0 bridgehead atoms. The molecular weight excluding hydrogens is 152 g/mol. The van der Waals surface area contributed by atoms with E-state index in [1.165, 1.54) is 0 Å². The monoisotopic (exact) mass is 172 g/mol. The molecule has 1 aliphatic heterocycles. The quantitative estimate of drug-likeness (QED) is 0.596. The van der Waals surface area contributed by atoms with Crippen molar-refractivity contribution in [1.29, 1.82) is 0 Å². The first-order valence-electron chi connectivity index (χ1n) is 4.73. The minimum atomic E-state index is 0.910. The van der Waals surface area contributed by atoms with E-state index in [0.717, 1.165) is 39.8 Å². The molecule has 0 aromatic carbocycles. The van der Waals surface area contributed by atoms with Crippen LogP contribution in [-0.4, -0.2) is 49.6 Å². The van der Waals surface area contributed by atoms with E-state index in [9.17, 15) is 0 Å². The predicted molar refractivity (Wildman–Crippen MR) is 50.5 cm³/mol. The fourth-order valence-corrected chi connectivity index (χ4v) is 1.32. The lowest BCUT2D eigenvalue weighted by molar-refractivity contribution is 0.106. The van der Waals surface area contributed by atoms with Gasteiger partial charge in [0.1, 0.15) is 0 Å². The van der Waals surface area contributed by atoms with Crippen LogP contribution in [0, 0.1) is 0 Å². The van der Waals surface area contributed by atoms with Gasteiger partial charge in [0.25, 0.3) is 0 Å². The van der Waals surface area contributed by atoms with Gasteiger partial charge in [0.2, 0.25) is 0 Å². The molecule has 12 heavy (non-hydrogen) atoms. The smallest absolute Gasteiger partial charge is 0.0529 e. The van der Waals surface area contributed by atoms with Crippen molar-refractivity contribution >= 4 is 0 Å². The molecule has 0 aromatic heterocycles. The molecule has 0 aliphatic carbocycles. The highest BCUT2D eigenvalue weighted by molar-refractivity contribution is 4.60. The second kappa shape index (κ2) is 5.48. The maximum atomic E-state index is 3.32. The number of nitrogens with one attached hydrogen (secondary N) is 2. The van der Waals surface area contributed by atoms with Gasteiger partial charge in [-0.1, -0.05) is 13.8 Å². The van der Waals surface area contributed by atoms with E-state index in [1.807, 2.05) is 0 Å². The van der Waals surface area contributed by atoms with Crippen LogP contribution in [0.2, 0.25) is 0 Å². The van der Waals surface area contributed by atoms with Gasteiger partial charge in [-0.15, -0.1) is 0 Å². The molecule has 0 amide bonds. The Balaban J connectivity index is 2.33. The molecule has 4 heteroatoms. The fourth-order valence-electron chi connectivity index (χ4n) is 1.32. The lowest BCUT2D eigenvalue weighted by Gasteiger charge is -2.31. The average molecular weight is 172 g/mol. The van der Waals surface area contributed by atoms with Crippen LogP contribution < -0.4 is 10.6 Å². The van der Waals surface area contributed by atoms with E-state index in [-0.39, 0.29) is 0 Å². The Hall–Kier alpha value is -0.160. The largest absolute Gasteiger partial charge is 0.292 e. The van der Waals surface area contributed by atoms with Crippen molar-refractivity contribution in [3.8, 4) is 0 Å². The normalized spacial score (nSPS) is 23.5. The van der Waals surface area contributed by atoms with Crippen molar-refractivity contribution in [3.63, 3.8) is 0 Å². The highest BCUT2D eigenvalue weighted by Gasteiger charge is 2.09. The van der Waals surface area contributed by atoms with Crippen LogP contribution in [0.25, 0.3) is 0 Å². The lowest BCUT2D eigenvalue weighted by atomic mass is 10.5. The molecule has 1 saturated heterocycles. The zero-order chi connectivity index (χ0) is 8.81. The zero-order valence-corrected chi connectivity index (χ0v) is 8.14. The van der Waals surface area contributed by atoms with Crippen LogP contribution in [0.3, 0.4) is 0 Å². The van der Waals surface area contributed by atoms with E-state index in [2.05, 4.69) is 34.3 Å². The molecule has 1 aliphatic rings. The molecular formula is C8H20N4. The van der Waals surface area contributed by atoms with Crippen LogP contribution in [0.15, 0.2) is 0 Å². The predicted octanol–water partition coefficient (Wildman–Crippen LogP) is -0.347. The molecule has 0 spiro atoms. The topological polar surface area (TPSA) is 30.5 Å². The van der Waals surface area contributed by atoms with Crippen molar-refractivity contribution < 1.29 is 0 Å². The third-order valence-corrected chi connectivity index (χ3v) is 2.22. The highest BCUT2D eigenvalue weighted by atomic mass is 15.4. The third kappa shape index (κ3) is 3.06. The summed E-state index contributed by atoms with van der Waals surface area (Å²) in [6, 6.07) is 0. The molecule has 2 N–H and O–H groups in total. The summed E-state index contributed by atoms with van der Waals surface area (Å²) >= 11 is 0. The van der Waals surface area contributed by atoms with Crippen LogP contribution in [-0.2, 0) is 0 Å². The number of hydrogen-bond donors (Lipinski definition) is 2. The molecule has 0 unspecified atom stereocenters. The first-order valence-corrected chi connectivity index (χ1v) is 4.73. The molecule has 72 valence electrons. The fraction of sp³-hybridized carbons (Fsp3) is 1.00. The second-order valence-electron chi connectivity index (χ2n) is 3.11. The summed E-state index contributed by atoms with van der Waals surface area (Å²) in [6.07, 6.45) is 0. The van der Waals surface area contributed by atoms with E-state index >= 15 is 0 Å². The zero-order valence-electron chi connectivity index (χ0n) is 8.14. The van der Waals surface area contributed by atoms with Crippen molar-refractivity contribution in [1.82, 2.24) is 20.4 Å².